The zero-order valence-corrected chi connectivity index (χ0v) is 25.9. The van der Waals surface area contributed by atoms with E-state index in [2.05, 4.69) is 0 Å². The summed E-state index contributed by atoms with van der Waals surface area (Å²) < 4.78 is 24.2. The lowest BCUT2D eigenvalue weighted by molar-refractivity contribution is -0.283. The second-order valence-corrected chi connectivity index (χ2v) is 12.9. The lowest BCUT2D eigenvalue weighted by Crippen LogP contribution is -2.56. The Balaban J connectivity index is 1.95. The lowest BCUT2D eigenvalue weighted by atomic mass is 9.79. The largest absolute Gasteiger partial charge is 0.462 e. The van der Waals surface area contributed by atoms with Crippen molar-refractivity contribution < 1.29 is 43.5 Å². The Labute approximate surface area is 244 Å². The van der Waals surface area contributed by atoms with Crippen LogP contribution in [0.15, 0.2) is 12.2 Å². The first-order valence-corrected chi connectivity index (χ1v) is 15.1. The molecule has 2 N–H and O–H groups in total. The summed E-state index contributed by atoms with van der Waals surface area (Å²) in [5.41, 5.74) is -0.637. The van der Waals surface area contributed by atoms with Crippen LogP contribution in [0.1, 0.15) is 73.6 Å². The van der Waals surface area contributed by atoms with Crippen LogP contribution < -0.4 is 0 Å². The molecule has 0 bridgehead atoms. The smallest absolute Gasteiger partial charge is 0.308 e. The van der Waals surface area contributed by atoms with Crippen molar-refractivity contribution in [2.24, 2.45) is 23.7 Å². The molecule has 0 spiro atoms. The van der Waals surface area contributed by atoms with E-state index in [9.17, 15) is 24.6 Å². The number of ketones is 1. The van der Waals surface area contributed by atoms with Gasteiger partial charge in [0, 0.05) is 30.2 Å². The third-order valence-corrected chi connectivity index (χ3v) is 9.29. The summed E-state index contributed by atoms with van der Waals surface area (Å²) in [5.74, 6) is -2.32. The molecule has 234 valence electrons. The predicted molar refractivity (Wildman–Crippen MR) is 152 cm³/mol. The summed E-state index contributed by atoms with van der Waals surface area (Å²) in [6.45, 7) is 11.3. The molecule has 41 heavy (non-hydrogen) atoms. The molecular formula is C31H51NO9. The fourth-order valence-electron chi connectivity index (χ4n) is 6.50. The minimum atomic E-state index is -1.15. The number of fused-ring (bicyclic) bond motifs is 1. The van der Waals surface area contributed by atoms with Gasteiger partial charge in [0.25, 0.3) is 0 Å². The SMILES string of the molecule is CCC1OC(=O)C[C@@H](O)[C@H](C)[C@@H](O[C@@H]2O[C@H](C)C[C@H](N(C)C)[C@H]2O)[C@@H](CC=O)C[C@@H](C)C(=O)/C=C/[C@]2(C)OC2C1C. The topological polar surface area (TPSA) is 135 Å². The number of hydrogen-bond donors (Lipinski definition) is 2. The number of allylic oxidation sites excluding steroid dienone is 1. The highest BCUT2D eigenvalue weighted by Crippen LogP contribution is 2.45. The Morgan fingerprint density at radius 2 is 1.80 bits per heavy atom. The van der Waals surface area contributed by atoms with E-state index < -0.39 is 60.0 Å². The molecule has 0 aliphatic carbocycles. The van der Waals surface area contributed by atoms with Gasteiger partial charge in [-0.15, -0.1) is 0 Å². The standard InChI is InChI=1S/C31H51NO9/c1-9-25-20(5)29-31(6,41-29)12-10-23(34)17(2)14-21(11-13-33)28(19(4)24(35)16-26(36)39-25)40-30-27(37)22(32(7)8)15-18(3)38-30/h10,12-13,17-22,24-25,27-30,35,37H,9,11,14-16H2,1-8H3/b12-10+/t17-,18-,19+,20?,21+,22+,24-,25?,27-,28-,29?,30+,31+/m1/s1. The first-order chi connectivity index (χ1) is 19.2. The molecule has 3 unspecified atom stereocenters. The highest BCUT2D eigenvalue weighted by Gasteiger charge is 2.55. The Morgan fingerprint density at radius 3 is 2.41 bits per heavy atom. The molecular weight excluding hydrogens is 530 g/mol. The number of carbonyl (C=O) groups is 3. The molecule has 0 aromatic carbocycles. The Morgan fingerprint density at radius 1 is 1.12 bits per heavy atom. The van der Waals surface area contributed by atoms with Gasteiger partial charge in [-0.2, -0.15) is 0 Å². The van der Waals surface area contributed by atoms with Gasteiger partial charge in [-0.1, -0.05) is 27.7 Å². The fraction of sp³-hybridized carbons (Fsp3) is 0.839. The number of rotatable bonds is 6. The van der Waals surface area contributed by atoms with Crippen LogP contribution in [0.5, 0.6) is 0 Å². The van der Waals surface area contributed by atoms with Crippen LogP contribution >= 0.6 is 0 Å². The average Bonchev–Trinajstić information content (AvgIpc) is 3.60. The van der Waals surface area contributed by atoms with Crippen LogP contribution in [-0.4, -0.2) is 102 Å². The molecule has 3 rings (SSSR count). The van der Waals surface area contributed by atoms with Gasteiger partial charge in [0.15, 0.2) is 12.1 Å². The highest BCUT2D eigenvalue weighted by atomic mass is 16.7. The van der Waals surface area contributed by atoms with Gasteiger partial charge in [0.1, 0.15) is 24.1 Å². The van der Waals surface area contributed by atoms with Crippen LogP contribution in [0.25, 0.3) is 0 Å². The van der Waals surface area contributed by atoms with E-state index in [1.165, 1.54) is 0 Å². The number of cyclic esters (lactones) is 1. The normalized spacial score (nSPS) is 45.5. The average molecular weight is 582 g/mol. The van der Waals surface area contributed by atoms with Gasteiger partial charge in [-0.05, 0) is 65.3 Å². The zero-order valence-electron chi connectivity index (χ0n) is 25.9. The van der Waals surface area contributed by atoms with Crippen molar-refractivity contribution in [2.45, 2.75) is 128 Å². The van der Waals surface area contributed by atoms with Crippen LogP contribution in [0.3, 0.4) is 0 Å². The molecule has 2 fully saturated rings. The first kappa shape index (κ1) is 33.8. The molecule has 13 atom stereocenters. The van der Waals surface area contributed by atoms with E-state index in [1.807, 2.05) is 53.6 Å². The van der Waals surface area contributed by atoms with E-state index in [-0.39, 0.29) is 42.8 Å². The molecule has 2 saturated heterocycles. The number of carbonyl (C=O) groups excluding carboxylic acids is 3. The van der Waals surface area contributed by atoms with Crippen molar-refractivity contribution in [1.29, 1.82) is 0 Å². The molecule has 10 nitrogen and oxygen atoms in total. The minimum absolute atomic E-state index is 0.0707. The molecule has 3 heterocycles. The number of esters is 1. The monoisotopic (exact) mass is 581 g/mol. The van der Waals surface area contributed by atoms with Gasteiger partial charge < -0.3 is 38.9 Å². The summed E-state index contributed by atoms with van der Waals surface area (Å²) in [4.78, 5) is 40.0. The van der Waals surface area contributed by atoms with Crippen molar-refractivity contribution in [3.8, 4) is 0 Å². The number of aliphatic hydroxyl groups is 2. The maximum Gasteiger partial charge on any atom is 0.308 e. The quantitative estimate of drug-likeness (QED) is 0.274. The summed E-state index contributed by atoms with van der Waals surface area (Å²) in [6.07, 6.45) is 0.627. The van der Waals surface area contributed by atoms with Crippen molar-refractivity contribution in [3.05, 3.63) is 12.2 Å². The van der Waals surface area contributed by atoms with E-state index in [1.54, 1.807) is 19.1 Å². The Kier molecular flexibility index (Phi) is 11.7. The first-order valence-electron chi connectivity index (χ1n) is 15.1. The third-order valence-electron chi connectivity index (χ3n) is 9.29. The summed E-state index contributed by atoms with van der Waals surface area (Å²) >= 11 is 0. The number of nitrogens with zero attached hydrogens (tertiary/aromatic N) is 1. The number of aldehydes is 1. The predicted octanol–water partition coefficient (Wildman–Crippen LogP) is 2.67. The van der Waals surface area contributed by atoms with Crippen molar-refractivity contribution in [2.75, 3.05) is 14.1 Å². The van der Waals surface area contributed by atoms with Crippen molar-refractivity contribution in [1.82, 2.24) is 4.90 Å². The molecule has 3 aliphatic heterocycles. The maximum atomic E-state index is 13.2. The van der Waals surface area contributed by atoms with Crippen molar-refractivity contribution >= 4 is 18.0 Å². The van der Waals surface area contributed by atoms with Crippen LogP contribution in [0, 0.1) is 23.7 Å². The zero-order chi connectivity index (χ0) is 30.6. The molecule has 0 radical (unpaired) electrons. The summed E-state index contributed by atoms with van der Waals surface area (Å²) in [6, 6.07) is -0.219. The fourth-order valence-corrected chi connectivity index (χ4v) is 6.50. The van der Waals surface area contributed by atoms with Gasteiger partial charge in [0.05, 0.1) is 30.8 Å². The molecule has 0 saturated carbocycles. The van der Waals surface area contributed by atoms with Crippen molar-refractivity contribution in [3.63, 3.8) is 0 Å². The van der Waals surface area contributed by atoms with E-state index >= 15 is 0 Å². The molecule has 3 aliphatic rings. The van der Waals surface area contributed by atoms with E-state index in [4.69, 9.17) is 18.9 Å². The second kappa shape index (κ2) is 14.2. The van der Waals surface area contributed by atoms with Gasteiger partial charge in [-0.3, -0.25) is 9.59 Å². The van der Waals surface area contributed by atoms with Crippen LogP contribution in [-0.2, 0) is 33.3 Å². The number of epoxide rings is 1. The molecule has 10 heteroatoms. The molecule has 0 amide bonds. The third kappa shape index (κ3) is 8.24. The van der Waals surface area contributed by atoms with Crippen LogP contribution in [0.2, 0.25) is 0 Å². The number of hydrogen-bond acceptors (Lipinski definition) is 10. The van der Waals surface area contributed by atoms with Gasteiger partial charge in [-0.25, -0.2) is 0 Å². The summed E-state index contributed by atoms with van der Waals surface area (Å²) in [7, 11) is 3.76. The molecule has 0 aromatic heterocycles. The maximum absolute atomic E-state index is 13.2. The van der Waals surface area contributed by atoms with Gasteiger partial charge >= 0.3 is 5.97 Å². The lowest BCUT2D eigenvalue weighted by Gasteiger charge is -2.44. The highest BCUT2D eigenvalue weighted by molar-refractivity contribution is 5.91. The number of likely N-dealkylation sites (N-methyl/N-ethyl adjacent to an activating group) is 1. The van der Waals surface area contributed by atoms with E-state index in [0.29, 0.717) is 19.3 Å². The van der Waals surface area contributed by atoms with Crippen LogP contribution in [0.4, 0.5) is 0 Å². The van der Waals surface area contributed by atoms with Gasteiger partial charge in [0.2, 0.25) is 0 Å². The number of aliphatic hydroxyl groups excluding tert-OH is 2. The number of ether oxygens (including phenoxy) is 4. The minimum Gasteiger partial charge on any atom is -0.462 e. The Bertz CT molecular complexity index is 941. The second-order valence-electron chi connectivity index (χ2n) is 12.9. The van der Waals surface area contributed by atoms with E-state index in [0.717, 1.165) is 6.29 Å². The Hall–Kier alpha value is -1.69. The summed E-state index contributed by atoms with van der Waals surface area (Å²) in [5, 5.41) is 22.4. The molecule has 0 aromatic rings.